The van der Waals surface area contributed by atoms with E-state index in [0.717, 1.165) is 18.1 Å². The molecule has 1 amide bonds. The Morgan fingerprint density at radius 2 is 1.83 bits per heavy atom. The van der Waals surface area contributed by atoms with Gasteiger partial charge < -0.3 is 14.8 Å². The van der Waals surface area contributed by atoms with E-state index >= 15 is 0 Å². The van der Waals surface area contributed by atoms with Crippen molar-refractivity contribution in [3.63, 3.8) is 0 Å². The number of nitro benzene ring substituents is 1. The Morgan fingerprint density at radius 3 is 2.41 bits per heavy atom. The van der Waals surface area contributed by atoms with Gasteiger partial charge in [0.15, 0.2) is 12.4 Å². The molecule has 0 saturated heterocycles. The zero-order valence-electron chi connectivity index (χ0n) is 16.6. The number of carbonyl (C=O) groups excluding carboxylic acids is 2. The summed E-state index contributed by atoms with van der Waals surface area (Å²) in [5, 5.41) is 13.9. The van der Waals surface area contributed by atoms with Crippen LogP contribution >= 0.6 is 0 Å². The van der Waals surface area contributed by atoms with Crippen molar-refractivity contribution in [3.8, 4) is 5.75 Å². The van der Waals surface area contributed by atoms with Crippen molar-refractivity contribution >= 4 is 17.6 Å². The highest BCUT2D eigenvalue weighted by Gasteiger charge is 2.21. The number of nitrogens with one attached hydrogen (secondary N) is 1. The molecule has 0 heterocycles. The zero-order valence-corrected chi connectivity index (χ0v) is 16.6. The van der Waals surface area contributed by atoms with Crippen molar-refractivity contribution < 1.29 is 24.0 Å². The van der Waals surface area contributed by atoms with Crippen LogP contribution in [0, 0.1) is 16.0 Å². The summed E-state index contributed by atoms with van der Waals surface area (Å²) in [4.78, 5) is 34.9. The lowest BCUT2D eigenvalue weighted by molar-refractivity contribution is -0.385. The van der Waals surface area contributed by atoms with E-state index in [9.17, 15) is 19.7 Å². The summed E-state index contributed by atoms with van der Waals surface area (Å²) in [7, 11) is 1.30. The highest BCUT2D eigenvalue weighted by molar-refractivity contribution is 5.92. The standard InChI is InChI=1S/C21H24N2O6/c1-14(2)11-17(15-7-5-4-6-8-15)22-20(24)13-29-21(25)16-9-10-19(28-3)18(12-16)23(26)27/h4-10,12,14,17H,11,13H2,1-3H3,(H,22,24). The molecular formula is C21H24N2O6. The van der Waals surface area contributed by atoms with E-state index in [1.165, 1.54) is 19.2 Å². The van der Waals surface area contributed by atoms with Gasteiger partial charge >= 0.3 is 11.7 Å². The van der Waals surface area contributed by atoms with Gasteiger partial charge in [0, 0.05) is 6.07 Å². The van der Waals surface area contributed by atoms with E-state index in [1.807, 2.05) is 30.3 Å². The van der Waals surface area contributed by atoms with E-state index < -0.39 is 23.4 Å². The molecule has 0 aromatic heterocycles. The fraction of sp³-hybridized carbons (Fsp3) is 0.333. The average Bonchev–Trinajstić information content (AvgIpc) is 2.71. The predicted molar refractivity (Wildman–Crippen MR) is 107 cm³/mol. The molecule has 1 unspecified atom stereocenters. The molecule has 0 saturated carbocycles. The molecule has 0 aliphatic rings. The number of nitrogens with zero attached hydrogens (tertiary/aromatic N) is 1. The number of benzene rings is 2. The maximum absolute atomic E-state index is 12.3. The highest BCUT2D eigenvalue weighted by Crippen LogP contribution is 2.27. The van der Waals surface area contributed by atoms with E-state index in [0.29, 0.717) is 5.92 Å². The van der Waals surface area contributed by atoms with Gasteiger partial charge in [-0.1, -0.05) is 44.2 Å². The van der Waals surface area contributed by atoms with Gasteiger partial charge in [0.05, 0.1) is 23.6 Å². The molecule has 0 fully saturated rings. The van der Waals surface area contributed by atoms with Crippen LogP contribution < -0.4 is 10.1 Å². The first-order valence-corrected chi connectivity index (χ1v) is 9.15. The third-order valence-electron chi connectivity index (χ3n) is 4.19. The Kier molecular flexibility index (Phi) is 7.70. The minimum atomic E-state index is -0.828. The molecule has 1 N–H and O–H groups in total. The molecule has 8 heteroatoms. The predicted octanol–water partition coefficient (Wildman–Crippen LogP) is 3.66. The van der Waals surface area contributed by atoms with Gasteiger partial charge in [-0.15, -0.1) is 0 Å². The SMILES string of the molecule is COc1ccc(C(=O)OCC(=O)NC(CC(C)C)c2ccccc2)cc1[N+](=O)[O-]. The summed E-state index contributed by atoms with van der Waals surface area (Å²) in [5.74, 6) is -0.895. The lowest BCUT2D eigenvalue weighted by Gasteiger charge is -2.21. The van der Waals surface area contributed by atoms with Gasteiger partial charge in [-0.2, -0.15) is 0 Å². The van der Waals surface area contributed by atoms with Gasteiger partial charge in [-0.05, 0) is 30.0 Å². The van der Waals surface area contributed by atoms with Crippen molar-refractivity contribution in [2.24, 2.45) is 5.92 Å². The average molecular weight is 400 g/mol. The molecule has 2 aromatic rings. The first kappa shape index (κ1) is 21.9. The number of rotatable bonds is 9. The Balaban J connectivity index is 2.01. The molecule has 0 radical (unpaired) electrons. The van der Waals surface area contributed by atoms with Gasteiger partial charge in [0.25, 0.3) is 5.91 Å². The number of nitro groups is 1. The van der Waals surface area contributed by atoms with Crippen molar-refractivity contribution in [2.45, 2.75) is 26.3 Å². The second-order valence-corrected chi connectivity index (χ2v) is 6.88. The van der Waals surface area contributed by atoms with Crippen LogP contribution in [0.25, 0.3) is 0 Å². The second-order valence-electron chi connectivity index (χ2n) is 6.88. The maximum Gasteiger partial charge on any atom is 0.338 e. The quantitative estimate of drug-likeness (QED) is 0.391. The minimum Gasteiger partial charge on any atom is -0.490 e. The Bertz CT molecular complexity index is 867. The third-order valence-corrected chi connectivity index (χ3v) is 4.19. The maximum atomic E-state index is 12.3. The van der Waals surface area contributed by atoms with Crippen LogP contribution in [0.3, 0.4) is 0 Å². The van der Waals surface area contributed by atoms with Crippen LogP contribution in [0.5, 0.6) is 5.75 Å². The van der Waals surface area contributed by atoms with Crippen molar-refractivity contribution in [3.05, 3.63) is 69.8 Å². The van der Waals surface area contributed by atoms with Gasteiger partial charge in [-0.25, -0.2) is 4.79 Å². The Morgan fingerprint density at radius 1 is 1.14 bits per heavy atom. The molecule has 0 bridgehead atoms. The lowest BCUT2D eigenvalue weighted by Crippen LogP contribution is -2.33. The van der Waals surface area contributed by atoms with E-state index in [-0.39, 0.29) is 23.0 Å². The molecule has 0 aliphatic carbocycles. The van der Waals surface area contributed by atoms with E-state index in [1.54, 1.807) is 0 Å². The Hall–Kier alpha value is -3.42. The van der Waals surface area contributed by atoms with E-state index in [2.05, 4.69) is 19.2 Å². The first-order valence-electron chi connectivity index (χ1n) is 9.15. The molecule has 2 aromatic carbocycles. The van der Waals surface area contributed by atoms with Gasteiger partial charge in [0.2, 0.25) is 0 Å². The van der Waals surface area contributed by atoms with Gasteiger partial charge in [-0.3, -0.25) is 14.9 Å². The largest absolute Gasteiger partial charge is 0.490 e. The lowest BCUT2D eigenvalue weighted by atomic mass is 9.97. The number of hydrogen-bond donors (Lipinski definition) is 1. The van der Waals surface area contributed by atoms with Crippen LogP contribution in [-0.4, -0.2) is 30.5 Å². The summed E-state index contributed by atoms with van der Waals surface area (Å²) in [5.41, 5.74) is 0.575. The minimum absolute atomic E-state index is 0.0312. The fourth-order valence-electron chi connectivity index (χ4n) is 2.85. The normalized spacial score (nSPS) is 11.6. The third kappa shape index (κ3) is 6.31. The van der Waals surface area contributed by atoms with Crippen LogP contribution in [0.1, 0.15) is 42.2 Å². The number of esters is 1. The molecule has 0 spiro atoms. The van der Waals surface area contributed by atoms with Crippen LogP contribution in [-0.2, 0) is 9.53 Å². The molecule has 0 aliphatic heterocycles. The summed E-state index contributed by atoms with van der Waals surface area (Å²) >= 11 is 0. The molecule has 29 heavy (non-hydrogen) atoms. The molecule has 154 valence electrons. The smallest absolute Gasteiger partial charge is 0.338 e. The fourth-order valence-corrected chi connectivity index (χ4v) is 2.85. The molecule has 8 nitrogen and oxygen atoms in total. The zero-order chi connectivity index (χ0) is 21.4. The van der Waals surface area contributed by atoms with Crippen molar-refractivity contribution in [1.29, 1.82) is 0 Å². The number of methoxy groups -OCH3 is 1. The summed E-state index contributed by atoms with van der Waals surface area (Å²) < 4.78 is 9.92. The van der Waals surface area contributed by atoms with Gasteiger partial charge in [0.1, 0.15) is 0 Å². The molecule has 1 atom stereocenters. The topological polar surface area (TPSA) is 108 Å². The number of amides is 1. The molecular weight excluding hydrogens is 376 g/mol. The first-order chi connectivity index (χ1) is 13.8. The molecule has 2 rings (SSSR count). The summed E-state index contributed by atoms with van der Waals surface area (Å²) in [6.07, 6.45) is 0.731. The Labute approximate surface area is 169 Å². The number of hydrogen-bond acceptors (Lipinski definition) is 6. The number of ether oxygens (including phenoxy) is 2. The van der Waals surface area contributed by atoms with Crippen LogP contribution in [0.2, 0.25) is 0 Å². The summed E-state index contributed by atoms with van der Waals surface area (Å²) in [6.45, 7) is 3.62. The van der Waals surface area contributed by atoms with Crippen LogP contribution in [0.4, 0.5) is 5.69 Å². The van der Waals surface area contributed by atoms with Crippen LogP contribution in [0.15, 0.2) is 48.5 Å². The highest BCUT2D eigenvalue weighted by atomic mass is 16.6. The second kappa shape index (κ2) is 10.2. The van der Waals surface area contributed by atoms with Crippen molar-refractivity contribution in [2.75, 3.05) is 13.7 Å². The summed E-state index contributed by atoms with van der Waals surface area (Å²) in [6, 6.07) is 13.0. The van der Waals surface area contributed by atoms with Crippen molar-refractivity contribution in [1.82, 2.24) is 5.32 Å². The number of carbonyl (C=O) groups is 2. The van der Waals surface area contributed by atoms with E-state index in [4.69, 9.17) is 9.47 Å². The monoisotopic (exact) mass is 400 g/mol.